The van der Waals surface area contributed by atoms with Gasteiger partial charge in [0.1, 0.15) is 5.60 Å². The SMILES string of the molecule is CCC(C)CC1(OC(=O)C(C)(C)CC)C2CC3CC(C2)CC1C3. The molecule has 4 fully saturated rings. The van der Waals surface area contributed by atoms with Crippen LogP contribution in [0.25, 0.3) is 0 Å². The Morgan fingerprint density at radius 3 is 2.04 bits per heavy atom. The quantitative estimate of drug-likeness (QED) is 0.596. The minimum atomic E-state index is -0.350. The molecule has 0 aromatic carbocycles. The number of rotatable bonds is 6. The molecule has 0 spiro atoms. The van der Waals surface area contributed by atoms with Crippen molar-refractivity contribution in [2.45, 2.75) is 91.6 Å². The van der Waals surface area contributed by atoms with E-state index in [0.29, 0.717) is 17.8 Å². The van der Waals surface area contributed by atoms with Crippen molar-refractivity contribution < 1.29 is 9.53 Å². The zero-order valence-corrected chi connectivity index (χ0v) is 15.9. The second-order valence-electron chi connectivity index (χ2n) is 9.60. The molecule has 4 aliphatic rings. The standard InChI is InChI=1S/C21H36O2/c1-6-14(3)13-21(23-19(22)20(4,5)7-2)17-9-15-8-16(11-17)12-18(21)10-15/h14-18H,6-13H2,1-5H3. The summed E-state index contributed by atoms with van der Waals surface area (Å²) >= 11 is 0. The van der Waals surface area contributed by atoms with Crippen LogP contribution in [0.15, 0.2) is 0 Å². The van der Waals surface area contributed by atoms with Gasteiger partial charge in [0.2, 0.25) is 0 Å². The zero-order valence-electron chi connectivity index (χ0n) is 15.9. The number of ether oxygens (including phenoxy) is 1. The summed E-state index contributed by atoms with van der Waals surface area (Å²) in [5.41, 5.74) is -0.497. The molecule has 4 aliphatic carbocycles. The van der Waals surface area contributed by atoms with E-state index in [1.807, 2.05) is 13.8 Å². The second kappa shape index (κ2) is 6.08. The van der Waals surface area contributed by atoms with E-state index < -0.39 is 0 Å². The maximum atomic E-state index is 12.9. The van der Waals surface area contributed by atoms with Gasteiger partial charge in [-0.2, -0.15) is 0 Å². The van der Waals surface area contributed by atoms with Crippen LogP contribution in [0.1, 0.15) is 86.0 Å². The van der Waals surface area contributed by atoms with Crippen LogP contribution in [0.3, 0.4) is 0 Å². The third kappa shape index (κ3) is 2.96. The Morgan fingerprint density at radius 1 is 1.09 bits per heavy atom. The van der Waals surface area contributed by atoms with Gasteiger partial charge in [0, 0.05) is 0 Å². The highest BCUT2D eigenvalue weighted by molar-refractivity contribution is 5.76. The Kier molecular flexibility index (Phi) is 4.57. The van der Waals surface area contributed by atoms with Gasteiger partial charge in [0.05, 0.1) is 5.41 Å². The molecule has 2 heteroatoms. The first kappa shape index (κ1) is 17.3. The molecule has 132 valence electrons. The van der Waals surface area contributed by atoms with E-state index in [1.54, 1.807) is 0 Å². The maximum Gasteiger partial charge on any atom is 0.312 e. The number of hydrogen-bond acceptors (Lipinski definition) is 2. The first-order valence-electron chi connectivity index (χ1n) is 10.0. The fourth-order valence-electron chi connectivity index (χ4n) is 5.67. The normalized spacial score (nSPS) is 40.2. The molecule has 23 heavy (non-hydrogen) atoms. The lowest BCUT2D eigenvalue weighted by Crippen LogP contribution is -2.61. The molecule has 0 aliphatic heterocycles. The molecule has 0 amide bonds. The lowest BCUT2D eigenvalue weighted by atomic mass is 9.48. The molecular formula is C21H36O2. The largest absolute Gasteiger partial charge is 0.458 e. The van der Waals surface area contributed by atoms with Crippen molar-refractivity contribution in [2.75, 3.05) is 0 Å². The summed E-state index contributed by atoms with van der Waals surface area (Å²) in [6.45, 7) is 10.8. The first-order valence-corrected chi connectivity index (χ1v) is 10.0. The van der Waals surface area contributed by atoms with Crippen LogP contribution < -0.4 is 0 Å². The van der Waals surface area contributed by atoms with Crippen LogP contribution in [-0.2, 0) is 9.53 Å². The van der Waals surface area contributed by atoms with Crippen molar-refractivity contribution in [2.24, 2.45) is 35.0 Å². The Labute approximate surface area is 142 Å². The summed E-state index contributed by atoms with van der Waals surface area (Å²) in [5, 5.41) is 0. The van der Waals surface area contributed by atoms with Gasteiger partial charge in [0.25, 0.3) is 0 Å². The molecule has 0 N–H and O–H groups in total. The average molecular weight is 321 g/mol. The smallest absolute Gasteiger partial charge is 0.312 e. The zero-order chi connectivity index (χ0) is 16.8. The van der Waals surface area contributed by atoms with E-state index >= 15 is 0 Å². The van der Waals surface area contributed by atoms with E-state index in [1.165, 1.54) is 38.5 Å². The third-order valence-electron chi connectivity index (χ3n) is 7.60. The molecular weight excluding hydrogens is 284 g/mol. The second-order valence-corrected chi connectivity index (χ2v) is 9.60. The van der Waals surface area contributed by atoms with Crippen molar-refractivity contribution in [1.29, 1.82) is 0 Å². The Morgan fingerprint density at radius 2 is 1.61 bits per heavy atom. The molecule has 2 nitrogen and oxygen atoms in total. The predicted octanol–water partition coefficient (Wildman–Crippen LogP) is 5.60. The van der Waals surface area contributed by atoms with Crippen molar-refractivity contribution >= 4 is 5.97 Å². The van der Waals surface area contributed by atoms with Gasteiger partial charge >= 0.3 is 5.97 Å². The molecule has 0 heterocycles. The van der Waals surface area contributed by atoms with Crippen LogP contribution >= 0.6 is 0 Å². The van der Waals surface area contributed by atoms with Crippen molar-refractivity contribution in [1.82, 2.24) is 0 Å². The van der Waals surface area contributed by atoms with Crippen LogP contribution in [0.5, 0.6) is 0 Å². The summed E-state index contributed by atoms with van der Waals surface area (Å²) in [4.78, 5) is 12.9. The number of carbonyl (C=O) groups is 1. The number of carbonyl (C=O) groups excluding carboxylic acids is 1. The first-order chi connectivity index (χ1) is 10.8. The Balaban J connectivity index is 1.88. The highest BCUT2D eigenvalue weighted by Gasteiger charge is 2.60. The van der Waals surface area contributed by atoms with Crippen molar-refractivity contribution in [3.63, 3.8) is 0 Å². The Bertz CT molecular complexity index is 423. The lowest BCUT2D eigenvalue weighted by molar-refractivity contribution is -0.222. The molecule has 0 aromatic rings. The summed E-state index contributed by atoms with van der Waals surface area (Å²) in [7, 11) is 0. The van der Waals surface area contributed by atoms with Gasteiger partial charge < -0.3 is 4.74 Å². The van der Waals surface area contributed by atoms with E-state index in [2.05, 4.69) is 20.8 Å². The molecule has 0 aromatic heterocycles. The molecule has 0 saturated heterocycles. The molecule has 4 rings (SSSR count). The van der Waals surface area contributed by atoms with Crippen LogP contribution in [0, 0.1) is 35.0 Å². The molecule has 1 atom stereocenters. The van der Waals surface area contributed by atoms with Crippen LogP contribution in [-0.4, -0.2) is 11.6 Å². The summed E-state index contributed by atoms with van der Waals surface area (Å²) in [6, 6.07) is 0. The highest BCUT2D eigenvalue weighted by Crippen LogP contribution is 2.61. The van der Waals surface area contributed by atoms with Gasteiger partial charge in [0.15, 0.2) is 0 Å². The van der Waals surface area contributed by atoms with Gasteiger partial charge in [-0.25, -0.2) is 0 Å². The lowest BCUT2D eigenvalue weighted by Gasteiger charge is -2.61. The van der Waals surface area contributed by atoms with E-state index in [9.17, 15) is 4.79 Å². The van der Waals surface area contributed by atoms with E-state index in [4.69, 9.17) is 4.74 Å². The third-order valence-corrected chi connectivity index (χ3v) is 7.60. The predicted molar refractivity (Wildman–Crippen MR) is 94.0 cm³/mol. The minimum absolute atomic E-state index is 0.0516. The van der Waals surface area contributed by atoms with Crippen molar-refractivity contribution in [3.8, 4) is 0 Å². The molecule has 1 unspecified atom stereocenters. The number of hydrogen-bond donors (Lipinski definition) is 0. The Hall–Kier alpha value is -0.530. The number of esters is 1. The molecule has 0 radical (unpaired) electrons. The summed E-state index contributed by atoms with van der Waals surface area (Å²) < 4.78 is 6.50. The maximum absolute atomic E-state index is 12.9. The minimum Gasteiger partial charge on any atom is -0.458 e. The van der Waals surface area contributed by atoms with Gasteiger partial charge in [-0.05, 0) is 88.4 Å². The van der Waals surface area contributed by atoms with E-state index in [-0.39, 0.29) is 17.0 Å². The summed E-state index contributed by atoms with van der Waals surface area (Å²) in [5.74, 6) is 3.79. The average Bonchev–Trinajstić information content (AvgIpc) is 2.51. The molecule has 4 saturated carbocycles. The monoisotopic (exact) mass is 320 g/mol. The highest BCUT2D eigenvalue weighted by atomic mass is 16.6. The van der Waals surface area contributed by atoms with Gasteiger partial charge in [-0.3, -0.25) is 4.79 Å². The summed E-state index contributed by atoms with van der Waals surface area (Å²) in [6.07, 6.45) is 9.80. The van der Waals surface area contributed by atoms with Gasteiger partial charge in [-0.1, -0.05) is 27.2 Å². The molecule has 4 bridgehead atoms. The van der Waals surface area contributed by atoms with Crippen molar-refractivity contribution in [3.05, 3.63) is 0 Å². The van der Waals surface area contributed by atoms with E-state index in [0.717, 1.165) is 24.7 Å². The fraction of sp³-hybridized carbons (Fsp3) is 0.952. The van der Waals surface area contributed by atoms with Crippen LogP contribution in [0.2, 0.25) is 0 Å². The van der Waals surface area contributed by atoms with Gasteiger partial charge in [-0.15, -0.1) is 0 Å². The van der Waals surface area contributed by atoms with Crippen LogP contribution in [0.4, 0.5) is 0 Å². The fourth-order valence-corrected chi connectivity index (χ4v) is 5.67. The topological polar surface area (TPSA) is 26.3 Å².